The zero-order valence-corrected chi connectivity index (χ0v) is 12.7. The predicted octanol–water partition coefficient (Wildman–Crippen LogP) is 3.73. The van der Waals surface area contributed by atoms with Gasteiger partial charge in [-0.3, -0.25) is 0 Å². The minimum atomic E-state index is 0.656. The van der Waals surface area contributed by atoms with Crippen molar-refractivity contribution in [3.05, 3.63) is 53.1 Å². The molecule has 0 spiro atoms. The summed E-state index contributed by atoms with van der Waals surface area (Å²) in [5.41, 5.74) is 5.53. The number of halogens is 1. The summed E-state index contributed by atoms with van der Waals surface area (Å²) < 4.78 is 0. The smallest absolute Gasteiger partial charge is 0.0482 e. The summed E-state index contributed by atoms with van der Waals surface area (Å²) >= 11 is 6.03. The van der Waals surface area contributed by atoms with Gasteiger partial charge in [0.2, 0.25) is 0 Å². The molecule has 2 nitrogen and oxygen atoms in total. The SMILES string of the molecule is Clc1ccc(-c2cccc3c2N2CCNCCC2C3)cc1. The van der Waals surface area contributed by atoms with Crippen molar-refractivity contribution >= 4 is 17.3 Å². The first kappa shape index (κ1) is 13.2. The molecule has 0 saturated carbocycles. The molecule has 2 aromatic carbocycles. The van der Waals surface area contributed by atoms with E-state index in [4.69, 9.17) is 11.6 Å². The largest absolute Gasteiger partial charge is 0.366 e. The lowest BCUT2D eigenvalue weighted by Gasteiger charge is -2.26. The van der Waals surface area contributed by atoms with Gasteiger partial charge in [0.05, 0.1) is 0 Å². The summed E-state index contributed by atoms with van der Waals surface area (Å²) in [6, 6.07) is 15.6. The van der Waals surface area contributed by atoms with Crippen LogP contribution in [0.4, 0.5) is 5.69 Å². The molecule has 21 heavy (non-hydrogen) atoms. The van der Waals surface area contributed by atoms with Gasteiger partial charge in [-0.05, 0) is 42.6 Å². The van der Waals surface area contributed by atoms with Gasteiger partial charge in [-0.15, -0.1) is 0 Å². The Kier molecular flexibility index (Phi) is 3.36. The maximum Gasteiger partial charge on any atom is 0.0482 e. The second-order valence-electron chi connectivity index (χ2n) is 5.91. The molecule has 0 bridgehead atoms. The van der Waals surface area contributed by atoms with Crippen LogP contribution in [0.25, 0.3) is 11.1 Å². The number of nitrogens with zero attached hydrogens (tertiary/aromatic N) is 1. The minimum absolute atomic E-state index is 0.656. The Hall–Kier alpha value is -1.51. The number of nitrogens with one attached hydrogen (secondary N) is 1. The van der Waals surface area contributed by atoms with Crippen molar-refractivity contribution in [1.29, 1.82) is 0 Å². The van der Waals surface area contributed by atoms with Crippen LogP contribution >= 0.6 is 11.6 Å². The molecular weight excluding hydrogens is 280 g/mol. The van der Waals surface area contributed by atoms with Crippen molar-refractivity contribution in [3.63, 3.8) is 0 Å². The van der Waals surface area contributed by atoms with Crippen molar-refractivity contribution in [2.45, 2.75) is 18.9 Å². The van der Waals surface area contributed by atoms with Crippen LogP contribution in [0.3, 0.4) is 0 Å². The molecule has 1 atom stereocenters. The number of benzene rings is 2. The third-order valence-corrected chi connectivity index (χ3v) is 4.89. The summed E-state index contributed by atoms with van der Waals surface area (Å²) in [5.74, 6) is 0. The van der Waals surface area contributed by atoms with Crippen LogP contribution in [0.15, 0.2) is 42.5 Å². The first-order chi connectivity index (χ1) is 10.3. The third-order valence-electron chi connectivity index (χ3n) is 4.64. The van der Waals surface area contributed by atoms with E-state index in [2.05, 4.69) is 40.5 Å². The van der Waals surface area contributed by atoms with E-state index in [0.29, 0.717) is 6.04 Å². The van der Waals surface area contributed by atoms with Gasteiger partial charge in [0.1, 0.15) is 0 Å². The van der Waals surface area contributed by atoms with Crippen LogP contribution in [-0.2, 0) is 6.42 Å². The van der Waals surface area contributed by atoms with Crippen LogP contribution < -0.4 is 10.2 Å². The average Bonchev–Trinajstić information content (AvgIpc) is 2.70. The summed E-state index contributed by atoms with van der Waals surface area (Å²) in [4.78, 5) is 2.61. The molecule has 108 valence electrons. The Morgan fingerprint density at radius 3 is 2.76 bits per heavy atom. The monoisotopic (exact) mass is 298 g/mol. The number of hydrogen-bond acceptors (Lipinski definition) is 2. The average molecular weight is 299 g/mol. The second-order valence-corrected chi connectivity index (χ2v) is 6.35. The Bertz CT molecular complexity index is 651. The van der Waals surface area contributed by atoms with E-state index in [-0.39, 0.29) is 0 Å². The van der Waals surface area contributed by atoms with Crippen molar-refractivity contribution in [2.75, 3.05) is 24.5 Å². The highest BCUT2D eigenvalue weighted by Gasteiger charge is 2.31. The van der Waals surface area contributed by atoms with Gasteiger partial charge in [-0.2, -0.15) is 0 Å². The van der Waals surface area contributed by atoms with Crippen LogP contribution in [0, 0.1) is 0 Å². The Morgan fingerprint density at radius 1 is 1.05 bits per heavy atom. The molecule has 2 aromatic rings. The van der Waals surface area contributed by atoms with Gasteiger partial charge < -0.3 is 10.2 Å². The number of anilines is 1. The molecule has 3 heteroatoms. The van der Waals surface area contributed by atoms with Crippen LogP contribution in [0.2, 0.25) is 5.02 Å². The molecule has 2 aliphatic heterocycles. The first-order valence-corrected chi connectivity index (χ1v) is 8.06. The lowest BCUT2D eigenvalue weighted by molar-refractivity contribution is 0.612. The summed E-state index contributed by atoms with van der Waals surface area (Å²) in [7, 11) is 0. The van der Waals surface area contributed by atoms with E-state index < -0.39 is 0 Å². The number of fused-ring (bicyclic) bond motifs is 3. The van der Waals surface area contributed by atoms with Gasteiger partial charge in [-0.25, -0.2) is 0 Å². The van der Waals surface area contributed by atoms with Gasteiger partial charge in [0.25, 0.3) is 0 Å². The van der Waals surface area contributed by atoms with Crippen molar-refractivity contribution in [3.8, 4) is 11.1 Å². The summed E-state index contributed by atoms with van der Waals surface area (Å²) in [6.45, 7) is 3.30. The molecule has 1 unspecified atom stereocenters. The van der Waals surface area contributed by atoms with Crippen LogP contribution in [0.1, 0.15) is 12.0 Å². The third kappa shape index (κ3) is 2.33. The maximum atomic E-state index is 6.03. The fourth-order valence-corrected chi connectivity index (χ4v) is 3.78. The van der Waals surface area contributed by atoms with Gasteiger partial charge in [0, 0.05) is 35.4 Å². The van der Waals surface area contributed by atoms with Crippen LogP contribution in [-0.4, -0.2) is 25.7 Å². The van der Waals surface area contributed by atoms with E-state index in [1.807, 2.05) is 12.1 Å². The lowest BCUT2D eigenvalue weighted by Crippen LogP contribution is -2.33. The minimum Gasteiger partial charge on any atom is -0.366 e. The summed E-state index contributed by atoms with van der Waals surface area (Å²) in [6.07, 6.45) is 2.41. The lowest BCUT2D eigenvalue weighted by atomic mass is 10.00. The van der Waals surface area contributed by atoms with Gasteiger partial charge in [0.15, 0.2) is 0 Å². The molecule has 0 radical (unpaired) electrons. The fraction of sp³-hybridized carbons (Fsp3) is 0.333. The van der Waals surface area contributed by atoms with Gasteiger partial charge >= 0.3 is 0 Å². The maximum absolute atomic E-state index is 6.03. The molecule has 1 N–H and O–H groups in total. The quantitative estimate of drug-likeness (QED) is 0.863. The molecule has 0 aromatic heterocycles. The number of para-hydroxylation sites is 1. The highest BCUT2D eigenvalue weighted by Crippen LogP contribution is 2.41. The van der Waals surface area contributed by atoms with E-state index >= 15 is 0 Å². The zero-order valence-electron chi connectivity index (χ0n) is 12.0. The Balaban J connectivity index is 1.81. The fourth-order valence-electron chi connectivity index (χ4n) is 3.65. The highest BCUT2D eigenvalue weighted by molar-refractivity contribution is 6.30. The summed E-state index contributed by atoms with van der Waals surface area (Å²) in [5, 5.41) is 4.31. The molecular formula is C18H19ClN2. The molecule has 1 fully saturated rings. The molecule has 2 heterocycles. The molecule has 2 aliphatic rings. The van der Waals surface area contributed by atoms with E-state index in [1.165, 1.54) is 35.2 Å². The normalized spacial score (nSPS) is 20.8. The van der Waals surface area contributed by atoms with Crippen molar-refractivity contribution in [1.82, 2.24) is 5.32 Å². The Morgan fingerprint density at radius 2 is 1.90 bits per heavy atom. The molecule has 0 aliphatic carbocycles. The standard InChI is InChI=1S/C18H19ClN2/c19-15-6-4-13(5-7-15)17-3-1-2-14-12-16-8-9-20-10-11-21(16)18(14)17/h1-7,16,20H,8-12H2. The topological polar surface area (TPSA) is 15.3 Å². The van der Waals surface area contributed by atoms with E-state index in [9.17, 15) is 0 Å². The van der Waals surface area contributed by atoms with Crippen molar-refractivity contribution < 1.29 is 0 Å². The first-order valence-electron chi connectivity index (χ1n) is 7.68. The van der Waals surface area contributed by atoms with Crippen molar-refractivity contribution in [2.24, 2.45) is 0 Å². The Labute approximate surface area is 130 Å². The molecule has 4 rings (SSSR count). The molecule has 1 saturated heterocycles. The van der Waals surface area contributed by atoms with E-state index in [1.54, 1.807) is 0 Å². The van der Waals surface area contributed by atoms with E-state index in [0.717, 1.165) is 24.7 Å². The van der Waals surface area contributed by atoms with Gasteiger partial charge in [-0.1, -0.05) is 41.9 Å². The number of rotatable bonds is 1. The zero-order chi connectivity index (χ0) is 14.2. The highest BCUT2D eigenvalue weighted by atomic mass is 35.5. The van der Waals surface area contributed by atoms with Crippen LogP contribution in [0.5, 0.6) is 0 Å². The predicted molar refractivity (Wildman–Crippen MR) is 89.2 cm³/mol. The molecule has 0 amide bonds. The number of hydrogen-bond donors (Lipinski definition) is 1. The second kappa shape index (κ2) is 5.36.